The van der Waals surface area contributed by atoms with Crippen LogP contribution in [-0.4, -0.2) is 19.2 Å². The third-order valence-electron chi connectivity index (χ3n) is 3.26. The van der Waals surface area contributed by atoms with Crippen molar-refractivity contribution in [2.24, 2.45) is 11.3 Å². The van der Waals surface area contributed by atoms with Gasteiger partial charge in [0.1, 0.15) is 6.61 Å². The molecule has 0 aromatic rings. The van der Waals surface area contributed by atoms with Gasteiger partial charge in [0, 0.05) is 12.0 Å². The Bertz CT molecular complexity index is 189. The molecule has 0 bridgehead atoms. The van der Waals surface area contributed by atoms with E-state index >= 15 is 0 Å². The lowest BCUT2D eigenvalue weighted by molar-refractivity contribution is -0.00281. The van der Waals surface area contributed by atoms with Crippen molar-refractivity contribution in [3.05, 3.63) is 0 Å². The summed E-state index contributed by atoms with van der Waals surface area (Å²) in [7, 11) is 0. The van der Waals surface area contributed by atoms with Crippen LogP contribution < -0.4 is 5.32 Å². The standard InChI is InChI=1S/C9H15NO2/c1-9(7-3-2-4-7)5-10-8(11)12-6-9/h7H,2-6H2,1H3,(H,10,11). The zero-order chi connectivity index (χ0) is 8.60. The van der Waals surface area contributed by atoms with E-state index < -0.39 is 0 Å². The van der Waals surface area contributed by atoms with Gasteiger partial charge >= 0.3 is 6.09 Å². The summed E-state index contributed by atoms with van der Waals surface area (Å²) in [5.41, 5.74) is 0.201. The Balaban J connectivity index is 1.96. The average molecular weight is 169 g/mol. The Labute approximate surface area is 72.5 Å². The summed E-state index contributed by atoms with van der Waals surface area (Å²) in [6, 6.07) is 0. The van der Waals surface area contributed by atoms with Gasteiger partial charge in [-0.05, 0) is 18.8 Å². The molecule has 1 aliphatic carbocycles. The summed E-state index contributed by atoms with van der Waals surface area (Å²) in [6.45, 7) is 3.59. The summed E-state index contributed by atoms with van der Waals surface area (Å²) < 4.78 is 5.00. The molecule has 0 aromatic carbocycles. The van der Waals surface area contributed by atoms with Crippen LogP contribution in [0.15, 0.2) is 0 Å². The van der Waals surface area contributed by atoms with Crippen LogP contribution >= 0.6 is 0 Å². The van der Waals surface area contributed by atoms with E-state index in [1.807, 2.05) is 0 Å². The minimum absolute atomic E-state index is 0.201. The lowest BCUT2D eigenvalue weighted by Gasteiger charge is -2.44. The smallest absolute Gasteiger partial charge is 0.407 e. The number of hydrogen-bond donors (Lipinski definition) is 1. The van der Waals surface area contributed by atoms with Crippen LogP contribution in [0.25, 0.3) is 0 Å². The average Bonchev–Trinajstić information content (AvgIpc) is 1.92. The van der Waals surface area contributed by atoms with Crippen molar-refractivity contribution >= 4 is 6.09 Å². The number of rotatable bonds is 1. The Morgan fingerprint density at radius 1 is 1.58 bits per heavy atom. The number of alkyl carbamates (subject to hydrolysis) is 1. The fourth-order valence-electron chi connectivity index (χ4n) is 1.97. The number of carbonyl (C=O) groups excluding carboxylic acids is 1. The first-order chi connectivity index (χ1) is 5.71. The van der Waals surface area contributed by atoms with Gasteiger partial charge < -0.3 is 10.1 Å². The molecular weight excluding hydrogens is 154 g/mol. The highest BCUT2D eigenvalue weighted by atomic mass is 16.6. The SMILES string of the molecule is CC1(C2CCC2)CNC(=O)OC1. The minimum Gasteiger partial charge on any atom is -0.449 e. The zero-order valence-corrected chi connectivity index (χ0v) is 7.43. The van der Waals surface area contributed by atoms with E-state index in [1.54, 1.807) is 0 Å². The van der Waals surface area contributed by atoms with Crippen molar-refractivity contribution in [1.29, 1.82) is 0 Å². The van der Waals surface area contributed by atoms with E-state index in [-0.39, 0.29) is 11.5 Å². The second-order valence-corrected chi connectivity index (χ2v) is 4.21. The zero-order valence-electron chi connectivity index (χ0n) is 7.43. The molecule has 0 spiro atoms. The fraction of sp³-hybridized carbons (Fsp3) is 0.889. The van der Waals surface area contributed by atoms with Gasteiger partial charge in [0.25, 0.3) is 0 Å². The molecule has 0 radical (unpaired) electrons. The second kappa shape index (κ2) is 2.64. The van der Waals surface area contributed by atoms with Gasteiger partial charge in [-0.15, -0.1) is 0 Å². The number of nitrogens with one attached hydrogen (secondary N) is 1. The van der Waals surface area contributed by atoms with Crippen LogP contribution in [0.1, 0.15) is 26.2 Å². The van der Waals surface area contributed by atoms with Gasteiger partial charge in [0.2, 0.25) is 0 Å². The molecule has 2 rings (SSSR count). The third kappa shape index (κ3) is 1.17. The van der Waals surface area contributed by atoms with Crippen LogP contribution in [0, 0.1) is 11.3 Å². The highest BCUT2D eigenvalue weighted by Gasteiger charge is 2.41. The third-order valence-corrected chi connectivity index (χ3v) is 3.26. The van der Waals surface area contributed by atoms with Gasteiger partial charge in [-0.1, -0.05) is 13.3 Å². The monoisotopic (exact) mass is 169 g/mol. The molecule has 12 heavy (non-hydrogen) atoms. The molecular formula is C9H15NO2. The van der Waals surface area contributed by atoms with E-state index in [0.29, 0.717) is 6.61 Å². The summed E-state index contributed by atoms with van der Waals surface area (Å²) in [4.78, 5) is 10.7. The van der Waals surface area contributed by atoms with Crippen molar-refractivity contribution in [3.63, 3.8) is 0 Å². The molecule has 0 aromatic heterocycles. The van der Waals surface area contributed by atoms with Crippen LogP contribution in [-0.2, 0) is 4.74 Å². The van der Waals surface area contributed by atoms with Crippen molar-refractivity contribution in [3.8, 4) is 0 Å². The summed E-state index contributed by atoms with van der Waals surface area (Å²) >= 11 is 0. The molecule has 1 saturated heterocycles. The van der Waals surface area contributed by atoms with E-state index in [2.05, 4.69) is 12.2 Å². The van der Waals surface area contributed by atoms with Crippen LogP contribution in [0.4, 0.5) is 4.79 Å². The first-order valence-electron chi connectivity index (χ1n) is 4.61. The quantitative estimate of drug-likeness (QED) is 0.646. The first kappa shape index (κ1) is 7.90. The van der Waals surface area contributed by atoms with Crippen molar-refractivity contribution in [2.75, 3.05) is 13.2 Å². The largest absolute Gasteiger partial charge is 0.449 e. The van der Waals surface area contributed by atoms with Gasteiger partial charge in [-0.2, -0.15) is 0 Å². The van der Waals surface area contributed by atoms with Gasteiger partial charge in [0.15, 0.2) is 0 Å². The number of amides is 1. The van der Waals surface area contributed by atoms with Crippen molar-refractivity contribution in [1.82, 2.24) is 5.32 Å². The first-order valence-corrected chi connectivity index (χ1v) is 4.61. The fourth-order valence-corrected chi connectivity index (χ4v) is 1.97. The molecule has 1 aliphatic heterocycles. The Kier molecular flexibility index (Phi) is 1.74. The number of carbonyl (C=O) groups is 1. The van der Waals surface area contributed by atoms with Crippen molar-refractivity contribution in [2.45, 2.75) is 26.2 Å². The molecule has 2 fully saturated rings. The normalized spacial score (nSPS) is 36.6. The minimum atomic E-state index is -0.258. The second-order valence-electron chi connectivity index (χ2n) is 4.21. The molecule has 1 amide bonds. The predicted molar refractivity (Wildman–Crippen MR) is 44.8 cm³/mol. The molecule has 3 nitrogen and oxygen atoms in total. The maximum Gasteiger partial charge on any atom is 0.407 e. The number of cyclic esters (lactones) is 1. The maximum absolute atomic E-state index is 10.7. The number of ether oxygens (including phenoxy) is 1. The van der Waals surface area contributed by atoms with E-state index in [4.69, 9.17) is 4.74 Å². The highest BCUT2D eigenvalue weighted by molar-refractivity contribution is 5.68. The Morgan fingerprint density at radius 2 is 2.33 bits per heavy atom. The lowest BCUT2D eigenvalue weighted by atomic mass is 9.66. The molecule has 68 valence electrons. The van der Waals surface area contributed by atoms with E-state index in [0.717, 1.165) is 12.5 Å². The van der Waals surface area contributed by atoms with Crippen molar-refractivity contribution < 1.29 is 9.53 Å². The summed E-state index contributed by atoms with van der Waals surface area (Å²) in [5, 5.41) is 2.76. The summed E-state index contributed by atoms with van der Waals surface area (Å²) in [6.07, 6.45) is 3.69. The molecule has 1 saturated carbocycles. The highest BCUT2D eigenvalue weighted by Crippen LogP contribution is 2.42. The molecule has 2 aliphatic rings. The molecule has 1 atom stereocenters. The predicted octanol–water partition coefficient (Wildman–Crippen LogP) is 1.53. The van der Waals surface area contributed by atoms with Gasteiger partial charge in [0.05, 0.1) is 0 Å². The molecule has 1 heterocycles. The van der Waals surface area contributed by atoms with Crippen LogP contribution in [0.2, 0.25) is 0 Å². The molecule has 3 heteroatoms. The Morgan fingerprint density at radius 3 is 2.75 bits per heavy atom. The van der Waals surface area contributed by atoms with Gasteiger partial charge in [-0.25, -0.2) is 4.79 Å². The number of hydrogen-bond acceptors (Lipinski definition) is 2. The summed E-state index contributed by atoms with van der Waals surface area (Å²) in [5.74, 6) is 0.762. The lowest BCUT2D eigenvalue weighted by Crippen LogP contribution is -2.51. The van der Waals surface area contributed by atoms with E-state index in [1.165, 1.54) is 19.3 Å². The molecule has 1 unspecified atom stereocenters. The topological polar surface area (TPSA) is 38.3 Å². The van der Waals surface area contributed by atoms with Crippen LogP contribution in [0.5, 0.6) is 0 Å². The maximum atomic E-state index is 10.7. The van der Waals surface area contributed by atoms with Crippen LogP contribution in [0.3, 0.4) is 0 Å². The Hall–Kier alpha value is -0.730. The van der Waals surface area contributed by atoms with Gasteiger partial charge in [-0.3, -0.25) is 0 Å². The van der Waals surface area contributed by atoms with E-state index in [9.17, 15) is 4.79 Å². The molecule has 1 N–H and O–H groups in total.